The van der Waals surface area contributed by atoms with Gasteiger partial charge in [0.05, 0.1) is 11.7 Å². The molecular formula is C18H19N5O. The van der Waals surface area contributed by atoms with Crippen LogP contribution in [-0.4, -0.2) is 26.1 Å². The average molecular weight is 321 g/mol. The van der Waals surface area contributed by atoms with Gasteiger partial charge in [-0.25, -0.2) is 4.68 Å². The van der Waals surface area contributed by atoms with Crippen molar-refractivity contribution in [3.05, 3.63) is 71.0 Å². The molecule has 6 nitrogen and oxygen atoms in total. The van der Waals surface area contributed by atoms with Gasteiger partial charge in [-0.2, -0.15) is 0 Å². The van der Waals surface area contributed by atoms with Gasteiger partial charge >= 0.3 is 0 Å². The number of rotatable bonds is 4. The first-order chi connectivity index (χ1) is 11.5. The van der Waals surface area contributed by atoms with Crippen LogP contribution in [0.3, 0.4) is 0 Å². The van der Waals surface area contributed by atoms with Gasteiger partial charge in [-0.05, 0) is 66.6 Å². The van der Waals surface area contributed by atoms with Gasteiger partial charge in [-0.15, -0.1) is 5.10 Å². The molecular weight excluding hydrogens is 302 g/mol. The highest BCUT2D eigenvalue weighted by molar-refractivity contribution is 5.94. The minimum Gasteiger partial charge on any atom is -0.346 e. The summed E-state index contributed by atoms with van der Waals surface area (Å²) in [5.41, 5.74) is 4.89. The number of amides is 1. The van der Waals surface area contributed by atoms with Crippen LogP contribution in [0.25, 0.3) is 5.69 Å². The number of carbonyl (C=O) groups excluding carboxylic acids is 1. The fourth-order valence-electron chi connectivity index (χ4n) is 2.63. The molecule has 0 saturated carbocycles. The van der Waals surface area contributed by atoms with Gasteiger partial charge in [0.1, 0.15) is 6.33 Å². The summed E-state index contributed by atoms with van der Waals surface area (Å²) < 4.78 is 1.54. The van der Waals surface area contributed by atoms with Crippen molar-refractivity contribution in [3.63, 3.8) is 0 Å². The van der Waals surface area contributed by atoms with Crippen LogP contribution >= 0.6 is 0 Å². The van der Waals surface area contributed by atoms with Crippen LogP contribution in [0.1, 0.15) is 40.0 Å². The van der Waals surface area contributed by atoms with Crippen molar-refractivity contribution in [2.45, 2.75) is 26.8 Å². The van der Waals surface area contributed by atoms with Gasteiger partial charge in [0.15, 0.2) is 0 Å². The predicted molar refractivity (Wildman–Crippen MR) is 91.0 cm³/mol. The summed E-state index contributed by atoms with van der Waals surface area (Å²) >= 11 is 0. The third kappa shape index (κ3) is 3.32. The number of hydrogen-bond acceptors (Lipinski definition) is 4. The maximum atomic E-state index is 12.5. The van der Waals surface area contributed by atoms with E-state index in [2.05, 4.69) is 52.9 Å². The van der Waals surface area contributed by atoms with Crippen molar-refractivity contribution in [2.75, 3.05) is 0 Å². The Morgan fingerprint density at radius 3 is 2.54 bits per heavy atom. The summed E-state index contributed by atoms with van der Waals surface area (Å²) in [5, 5.41) is 14.1. The van der Waals surface area contributed by atoms with Crippen molar-refractivity contribution in [3.8, 4) is 5.69 Å². The second-order valence-electron chi connectivity index (χ2n) is 5.86. The molecule has 1 N–H and O–H groups in total. The molecule has 0 spiro atoms. The zero-order valence-electron chi connectivity index (χ0n) is 13.9. The zero-order valence-corrected chi connectivity index (χ0v) is 13.9. The minimum atomic E-state index is -0.105. The van der Waals surface area contributed by atoms with Gasteiger partial charge in [0, 0.05) is 5.56 Å². The number of aromatic nitrogens is 4. The summed E-state index contributed by atoms with van der Waals surface area (Å²) in [4.78, 5) is 12.5. The monoisotopic (exact) mass is 321 g/mol. The third-order valence-corrected chi connectivity index (χ3v) is 3.99. The van der Waals surface area contributed by atoms with Gasteiger partial charge in [-0.3, -0.25) is 4.79 Å². The largest absolute Gasteiger partial charge is 0.346 e. The molecule has 0 bridgehead atoms. The Balaban J connectivity index is 1.73. The van der Waals surface area contributed by atoms with Crippen molar-refractivity contribution in [1.29, 1.82) is 0 Å². The van der Waals surface area contributed by atoms with Crippen LogP contribution < -0.4 is 5.32 Å². The molecule has 2 aromatic carbocycles. The lowest BCUT2D eigenvalue weighted by molar-refractivity contribution is 0.0940. The van der Waals surface area contributed by atoms with E-state index < -0.39 is 0 Å². The van der Waals surface area contributed by atoms with E-state index in [1.807, 2.05) is 19.1 Å². The lowest BCUT2D eigenvalue weighted by atomic mass is 9.99. The predicted octanol–water partition coefficient (Wildman–Crippen LogP) is 2.77. The van der Waals surface area contributed by atoms with Gasteiger partial charge < -0.3 is 5.32 Å². The molecule has 0 fully saturated rings. The molecule has 1 unspecified atom stereocenters. The van der Waals surface area contributed by atoms with Gasteiger partial charge in [0.2, 0.25) is 0 Å². The maximum absolute atomic E-state index is 12.5. The van der Waals surface area contributed by atoms with Crippen molar-refractivity contribution < 1.29 is 4.79 Å². The normalized spacial score (nSPS) is 12.0. The van der Waals surface area contributed by atoms with Gasteiger partial charge in [0.25, 0.3) is 5.91 Å². The fourth-order valence-corrected chi connectivity index (χ4v) is 2.63. The summed E-state index contributed by atoms with van der Waals surface area (Å²) in [6.45, 7) is 6.10. The molecule has 24 heavy (non-hydrogen) atoms. The number of tetrazole rings is 1. The maximum Gasteiger partial charge on any atom is 0.251 e. The second-order valence-corrected chi connectivity index (χ2v) is 5.86. The van der Waals surface area contributed by atoms with Crippen LogP contribution in [-0.2, 0) is 0 Å². The highest BCUT2D eigenvalue weighted by Crippen LogP contribution is 2.19. The minimum absolute atomic E-state index is 0.0587. The van der Waals surface area contributed by atoms with E-state index >= 15 is 0 Å². The molecule has 6 heteroatoms. The van der Waals surface area contributed by atoms with E-state index in [4.69, 9.17) is 0 Å². The molecule has 122 valence electrons. The number of nitrogens with zero attached hydrogens (tertiary/aromatic N) is 4. The molecule has 1 amide bonds. The molecule has 1 heterocycles. The number of aryl methyl sites for hydroxylation is 2. The quantitative estimate of drug-likeness (QED) is 0.802. The Labute approximate surface area is 140 Å². The first kappa shape index (κ1) is 15.9. The molecule has 0 aliphatic heterocycles. The Kier molecular flexibility index (Phi) is 4.37. The van der Waals surface area contributed by atoms with Crippen molar-refractivity contribution in [2.24, 2.45) is 0 Å². The number of hydrogen-bond donors (Lipinski definition) is 1. The number of carbonyl (C=O) groups is 1. The van der Waals surface area contributed by atoms with Crippen LogP contribution in [0, 0.1) is 13.8 Å². The lowest BCUT2D eigenvalue weighted by Gasteiger charge is -2.17. The molecule has 3 rings (SSSR count). The van der Waals surface area contributed by atoms with E-state index in [1.165, 1.54) is 17.5 Å². The number of nitrogens with one attached hydrogen (secondary N) is 1. The molecule has 3 aromatic rings. The summed E-state index contributed by atoms with van der Waals surface area (Å²) in [6, 6.07) is 13.4. The average Bonchev–Trinajstić information content (AvgIpc) is 3.11. The molecule has 0 aliphatic carbocycles. The second kappa shape index (κ2) is 6.62. The van der Waals surface area contributed by atoms with E-state index in [0.717, 1.165) is 11.3 Å². The third-order valence-electron chi connectivity index (χ3n) is 3.99. The Hall–Kier alpha value is -3.02. The zero-order chi connectivity index (χ0) is 17.1. The van der Waals surface area contributed by atoms with E-state index in [9.17, 15) is 4.79 Å². The first-order valence-electron chi connectivity index (χ1n) is 7.76. The smallest absolute Gasteiger partial charge is 0.251 e. The van der Waals surface area contributed by atoms with E-state index in [0.29, 0.717) is 5.56 Å². The van der Waals surface area contributed by atoms with Crippen LogP contribution in [0.15, 0.2) is 48.8 Å². The van der Waals surface area contributed by atoms with Crippen LogP contribution in [0.5, 0.6) is 0 Å². The number of benzene rings is 2. The standard InChI is InChI=1S/C18H19N5O/c1-12-4-5-13(2)17(10-12)14(3)20-18(24)15-6-8-16(9-7-15)23-11-19-21-22-23/h4-11,14H,1-3H3,(H,20,24). The first-order valence-corrected chi connectivity index (χ1v) is 7.76. The van der Waals surface area contributed by atoms with Crippen LogP contribution in [0.2, 0.25) is 0 Å². The molecule has 0 radical (unpaired) electrons. The van der Waals surface area contributed by atoms with E-state index in [1.54, 1.807) is 16.8 Å². The molecule has 0 aliphatic rings. The SMILES string of the molecule is Cc1ccc(C)c(C(C)NC(=O)c2ccc(-n3cnnn3)cc2)c1. The summed E-state index contributed by atoms with van der Waals surface area (Å²) in [5.74, 6) is -0.105. The molecule has 1 atom stereocenters. The summed E-state index contributed by atoms with van der Waals surface area (Å²) in [6.07, 6.45) is 1.51. The Morgan fingerprint density at radius 2 is 1.88 bits per heavy atom. The fraction of sp³-hybridized carbons (Fsp3) is 0.222. The molecule has 0 saturated heterocycles. The highest BCUT2D eigenvalue weighted by atomic mass is 16.1. The molecule has 1 aromatic heterocycles. The Bertz CT molecular complexity index is 840. The van der Waals surface area contributed by atoms with Crippen molar-refractivity contribution >= 4 is 5.91 Å². The highest BCUT2D eigenvalue weighted by Gasteiger charge is 2.13. The van der Waals surface area contributed by atoms with E-state index in [-0.39, 0.29) is 11.9 Å². The van der Waals surface area contributed by atoms with Crippen molar-refractivity contribution in [1.82, 2.24) is 25.5 Å². The summed E-state index contributed by atoms with van der Waals surface area (Å²) in [7, 11) is 0. The van der Waals surface area contributed by atoms with Gasteiger partial charge in [-0.1, -0.05) is 23.8 Å². The topological polar surface area (TPSA) is 72.7 Å². The Morgan fingerprint density at radius 1 is 1.12 bits per heavy atom. The lowest BCUT2D eigenvalue weighted by Crippen LogP contribution is -2.27. The van der Waals surface area contributed by atoms with Crippen LogP contribution in [0.4, 0.5) is 0 Å².